The third-order valence-corrected chi connectivity index (χ3v) is 2.73. The largest absolute Gasteiger partial charge is 0.496 e. The van der Waals surface area contributed by atoms with E-state index in [0.717, 1.165) is 22.4 Å². The van der Waals surface area contributed by atoms with E-state index in [2.05, 4.69) is 0 Å². The number of hydrogen-bond donors (Lipinski definition) is 1. The van der Waals surface area contributed by atoms with Crippen molar-refractivity contribution in [2.45, 2.75) is 39.9 Å². The summed E-state index contributed by atoms with van der Waals surface area (Å²) in [7, 11) is 1.65. The summed E-state index contributed by atoms with van der Waals surface area (Å²) in [5.41, 5.74) is 2.95. The van der Waals surface area contributed by atoms with Gasteiger partial charge in [0.2, 0.25) is 0 Å². The summed E-state index contributed by atoms with van der Waals surface area (Å²) in [4.78, 5) is 0. The predicted octanol–water partition coefficient (Wildman–Crippen LogP) is 2.77. The second-order valence-electron chi connectivity index (χ2n) is 4.58. The molecule has 1 rings (SSSR count). The average molecular weight is 238 g/mol. The first kappa shape index (κ1) is 14.0. The van der Waals surface area contributed by atoms with Gasteiger partial charge < -0.3 is 14.6 Å². The number of ether oxygens (including phenoxy) is 2. The van der Waals surface area contributed by atoms with Crippen LogP contribution in [0.3, 0.4) is 0 Å². The summed E-state index contributed by atoms with van der Waals surface area (Å²) < 4.78 is 10.7. The molecule has 3 heteroatoms. The highest BCUT2D eigenvalue weighted by molar-refractivity contribution is 5.42. The van der Waals surface area contributed by atoms with Gasteiger partial charge in [-0.05, 0) is 56.5 Å². The molecule has 0 heterocycles. The fourth-order valence-corrected chi connectivity index (χ4v) is 1.76. The van der Waals surface area contributed by atoms with E-state index in [1.54, 1.807) is 7.11 Å². The lowest BCUT2D eigenvalue weighted by Crippen LogP contribution is -2.13. The Bertz CT molecular complexity index is 372. The molecule has 0 aromatic heterocycles. The molecule has 0 radical (unpaired) electrons. The molecule has 3 nitrogen and oxygen atoms in total. The van der Waals surface area contributed by atoms with Crippen molar-refractivity contribution in [2.75, 3.05) is 13.7 Å². The van der Waals surface area contributed by atoms with Gasteiger partial charge in [-0.25, -0.2) is 0 Å². The van der Waals surface area contributed by atoms with Crippen LogP contribution in [-0.4, -0.2) is 24.9 Å². The first-order chi connectivity index (χ1) is 7.95. The average Bonchev–Trinajstić information content (AvgIpc) is 2.28. The molecule has 0 bridgehead atoms. The van der Waals surface area contributed by atoms with Crippen molar-refractivity contribution in [3.63, 3.8) is 0 Å². The van der Waals surface area contributed by atoms with Crippen LogP contribution in [0, 0.1) is 13.8 Å². The monoisotopic (exact) mass is 238 g/mol. The number of methoxy groups -OCH3 is 1. The highest BCUT2D eigenvalue weighted by Crippen LogP contribution is 2.26. The van der Waals surface area contributed by atoms with Gasteiger partial charge in [-0.2, -0.15) is 0 Å². The number of aliphatic hydroxyl groups excluding tert-OH is 1. The Morgan fingerprint density at radius 2 is 1.82 bits per heavy atom. The van der Waals surface area contributed by atoms with Crippen molar-refractivity contribution >= 4 is 0 Å². The molecule has 0 fully saturated rings. The van der Waals surface area contributed by atoms with Gasteiger partial charge in [0.15, 0.2) is 0 Å². The van der Waals surface area contributed by atoms with Gasteiger partial charge in [-0.15, -0.1) is 0 Å². The van der Waals surface area contributed by atoms with Crippen LogP contribution in [0.4, 0.5) is 0 Å². The Morgan fingerprint density at radius 1 is 1.18 bits per heavy atom. The smallest absolute Gasteiger partial charge is 0.122 e. The fraction of sp³-hybridized carbons (Fsp3) is 0.571. The molecule has 0 saturated carbocycles. The van der Waals surface area contributed by atoms with Crippen molar-refractivity contribution in [1.82, 2.24) is 0 Å². The minimum atomic E-state index is -0.581. The van der Waals surface area contributed by atoms with E-state index in [9.17, 15) is 5.11 Å². The summed E-state index contributed by atoms with van der Waals surface area (Å²) in [6.45, 7) is 8.18. The Labute approximate surface area is 103 Å². The zero-order valence-corrected chi connectivity index (χ0v) is 11.3. The maximum Gasteiger partial charge on any atom is 0.122 e. The maximum atomic E-state index is 10.1. The summed E-state index contributed by atoms with van der Waals surface area (Å²) in [6, 6.07) is 3.91. The van der Waals surface area contributed by atoms with E-state index < -0.39 is 6.10 Å². The van der Waals surface area contributed by atoms with Gasteiger partial charge in [0.05, 0.1) is 19.8 Å². The van der Waals surface area contributed by atoms with Crippen molar-refractivity contribution in [3.8, 4) is 5.75 Å². The summed E-state index contributed by atoms with van der Waals surface area (Å²) >= 11 is 0. The summed E-state index contributed by atoms with van der Waals surface area (Å²) in [5.74, 6) is 0.850. The van der Waals surface area contributed by atoms with Crippen molar-refractivity contribution in [2.24, 2.45) is 0 Å². The molecule has 1 N–H and O–H groups in total. The van der Waals surface area contributed by atoms with E-state index in [1.807, 2.05) is 39.8 Å². The Hall–Kier alpha value is -1.06. The Kier molecular flexibility index (Phi) is 4.97. The van der Waals surface area contributed by atoms with Crippen molar-refractivity contribution < 1.29 is 14.6 Å². The van der Waals surface area contributed by atoms with Gasteiger partial charge in [-0.3, -0.25) is 0 Å². The van der Waals surface area contributed by atoms with Gasteiger partial charge >= 0.3 is 0 Å². The van der Waals surface area contributed by atoms with E-state index in [-0.39, 0.29) is 6.10 Å². The molecule has 0 aliphatic rings. The number of benzene rings is 1. The molecule has 17 heavy (non-hydrogen) atoms. The molecule has 1 aromatic rings. The number of aliphatic hydroxyl groups is 1. The van der Waals surface area contributed by atoms with E-state index in [0.29, 0.717) is 6.61 Å². The van der Waals surface area contributed by atoms with Gasteiger partial charge in [0, 0.05) is 0 Å². The van der Waals surface area contributed by atoms with Crippen molar-refractivity contribution in [3.05, 3.63) is 28.8 Å². The second kappa shape index (κ2) is 6.03. The number of hydrogen-bond acceptors (Lipinski definition) is 3. The lowest BCUT2D eigenvalue weighted by Gasteiger charge is -2.17. The van der Waals surface area contributed by atoms with Crippen LogP contribution in [-0.2, 0) is 4.74 Å². The normalized spacial score (nSPS) is 12.9. The van der Waals surface area contributed by atoms with Gasteiger partial charge in [-0.1, -0.05) is 0 Å². The quantitative estimate of drug-likeness (QED) is 0.857. The molecule has 1 aromatic carbocycles. The lowest BCUT2D eigenvalue weighted by molar-refractivity contribution is 0.00466. The zero-order chi connectivity index (χ0) is 13.0. The summed E-state index contributed by atoms with van der Waals surface area (Å²) in [5, 5.41) is 10.1. The Balaban J connectivity index is 2.86. The molecule has 0 aliphatic heterocycles. The van der Waals surface area contributed by atoms with Crippen LogP contribution in [0.1, 0.15) is 36.6 Å². The molecule has 0 amide bonds. The van der Waals surface area contributed by atoms with E-state index in [1.165, 1.54) is 0 Å². The predicted molar refractivity (Wildman–Crippen MR) is 68.5 cm³/mol. The van der Waals surface area contributed by atoms with Crippen LogP contribution in [0.5, 0.6) is 5.75 Å². The summed E-state index contributed by atoms with van der Waals surface area (Å²) in [6.07, 6.45) is -0.452. The topological polar surface area (TPSA) is 38.7 Å². The standard InChI is InChI=1S/C14H22O3/c1-9(2)17-8-13(15)12-6-11(4)14(16-5)7-10(12)3/h6-7,9,13,15H,8H2,1-5H3. The van der Waals surface area contributed by atoms with Crippen LogP contribution in [0.25, 0.3) is 0 Å². The molecule has 96 valence electrons. The number of aryl methyl sites for hydroxylation is 2. The molecular weight excluding hydrogens is 216 g/mol. The zero-order valence-electron chi connectivity index (χ0n) is 11.3. The van der Waals surface area contributed by atoms with Gasteiger partial charge in [0.1, 0.15) is 11.9 Å². The molecule has 1 unspecified atom stereocenters. The highest BCUT2D eigenvalue weighted by atomic mass is 16.5. The highest BCUT2D eigenvalue weighted by Gasteiger charge is 2.13. The van der Waals surface area contributed by atoms with E-state index in [4.69, 9.17) is 9.47 Å². The SMILES string of the molecule is COc1cc(C)c(C(O)COC(C)C)cc1C. The van der Waals surface area contributed by atoms with Crippen LogP contribution >= 0.6 is 0 Å². The second-order valence-corrected chi connectivity index (χ2v) is 4.58. The molecular formula is C14H22O3. The van der Waals surface area contributed by atoms with Crippen molar-refractivity contribution in [1.29, 1.82) is 0 Å². The first-order valence-corrected chi connectivity index (χ1v) is 5.90. The van der Waals surface area contributed by atoms with Crippen LogP contribution < -0.4 is 4.74 Å². The van der Waals surface area contributed by atoms with Crippen LogP contribution in [0.2, 0.25) is 0 Å². The molecule has 1 atom stereocenters. The van der Waals surface area contributed by atoms with Crippen LogP contribution in [0.15, 0.2) is 12.1 Å². The maximum absolute atomic E-state index is 10.1. The van der Waals surface area contributed by atoms with E-state index >= 15 is 0 Å². The first-order valence-electron chi connectivity index (χ1n) is 5.90. The minimum absolute atomic E-state index is 0.129. The number of rotatable bonds is 5. The Morgan fingerprint density at radius 3 is 2.35 bits per heavy atom. The molecule has 0 aliphatic carbocycles. The third kappa shape index (κ3) is 3.72. The fourth-order valence-electron chi connectivity index (χ4n) is 1.76. The third-order valence-electron chi connectivity index (χ3n) is 2.73. The molecule has 0 saturated heterocycles. The lowest BCUT2D eigenvalue weighted by atomic mass is 10.0. The van der Waals surface area contributed by atoms with Gasteiger partial charge in [0.25, 0.3) is 0 Å². The minimum Gasteiger partial charge on any atom is -0.496 e. The molecule has 0 spiro atoms.